The van der Waals surface area contributed by atoms with Gasteiger partial charge in [0, 0.05) is 0 Å². The first-order chi connectivity index (χ1) is 17.5. The fraction of sp³-hybridized carbons (Fsp3) is 0.231. The lowest BCUT2D eigenvalue weighted by atomic mass is 9.95. The minimum absolute atomic E-state index is 0.0417. The van der Waals surface area contributed by atoms with Gasteiger partial charge in [-0.15, -0.1) is 0 Å². The van der Waals surface area contributed by atoms with Crippen LogP contribution in [-0.4, -0.2) is 30.5 Å². The minimum Gasteiger partial charge on any atom is -0.479 e. The van der Waals surface area contributed by atoms with Crippen molar-refractivity contribution in [1.82, 2.24) is 4.57 Å². The summed E-state index contributed by atoms with van der Waals surface area (Å²) in [4.78, 5) is 31.7. The van der Waals surface area contributed by atoms with Crippen molar-refractivity contribution >= 4 is 23.4 Å². The molecule has 1 aromatic heterocycles. The standard InChI is InChI=1S/C26H21N3O6S/c1-3-32-25(31)22-15(2)28-26-29(23(22)17-6-9-19-20(13-17)35-14-34-19)24(30)21(36-26)12-16-4-7-18(8-5-16)33-11-10-27/h4-9,12-13,23H,3,11,14H2,1-2H3/b21-12-/t23-/m0/s1. The summed E-state index contributed by atoms with van der Waals surface area (Å²) in [6, 6.07) is 13.6. The van der Waals surface area contributed by atoms with E-state index in [0.717, 1.165) is 5.56 Å². The van der Waals surface area contributed by atoms with E-state index in [1.54, 1.807) is 56.3 Å². The predicted octanol–water partition coefficient (Wildman–Crippen LogP) is 2.43. The number of rotatable bonds is 6. The molecule has 0 saturated carbocycles. The van der Waals surface area contributed by atoms with Crippen molar-refractivity contribution < 1.29 is 23.7 Å². The molecule has 0 amide bonds. The molecule has 3 heterocycles. The summed E-state index contributed by atoms with van der Waals surface area (Å²) in [5.41, 5.74) is 1.98. The molecule has 0 aliphatic carbocycles. The van der Waals surface area contributed by atoms with E-state index in [9.17, 15) is 9.59 Å². The van der Waals surface area contributed by atoms with Crippen molar-refractivity contribution in [2.45, 2.75) is 19.9 Å². The zero-order chi connectivity index (χ0) is 25.2. The normalized spacial score (nSPS) is 16.2. The van der Waals surface area contributed by atoms with Gasteiger partial charge in [-0.25, -0.2) is 9.79 Å². The van der Waals surface area contributed by atoms with Gasteiger partial charge in [-0.3, -0.25) is 9.36 Å². The predicted molar refractivity (Wildman–Crippen MR) is 131 cm³/mol. The van der Waals surface area contributed by atoms with Crippen molar-refractivity contribution in [3.05, 3.63) is 84.5 Å². The molecule has 0 saturated heterocycles. The smallest absolute Gasteiger partial charge is 0.338 e. The lowest BCUT2D eigenvalue weighted by Crippen LogP contribution is -2.39. The summed E-state index contributed by atoms with van der Waals surface area (Å²) < 4.78 is 23.6. The van der Waals surface area contributed by atoms with Crippen LogP contribution in [-0.2, 0) is 9.53 Å². The molecule has 3 aromatic rings. The van der Waals surface area contributed by atoms with E-state index >= 15 is 0 Å². The number of carbonyl (C=O) groups excluding carboxylic acids is 1. The van der Waals surface area contributed by atoms with Crippen molar-refractivity contribution in [2.75, 3.05) is 20.0 Å². The molecule has 1 atom stereocenters. The number of hydrogen-bond acceptors (Lipinski definition) is 9. The SMILES string of the molecule is CCOC(=O)C1=C(C)N=c2s/c(=C\c3ccc(OCC#N)cc3)c(=O)n2[C@H]1c1ccc2c(c1)OCO2. The Morgan fingerprint density at radius 2 is 2.03 bits per heavy atom. The number of thiazole rings is 1. The van der Waals surface area contributed by atoms with Gasteiger partial charge in [0.25, 0.3) is 5.56 Å². The average Bonchev–Trinajstić information content (AvgIpc) is 3.46. The zero-order valence-corrected chi connectivity index (χ0v) is 20.3. The molecular formula is C26H21N3O6S. The number of carbonyl (C=O) groups is 1. The third kappa shape index (κ3) is 4.25. The van der Waals surface area contributed by atoms with Gasteiger partial charge in [-0.1, -0.05) is 29.5 Å². The molecule has 2 aliphatic rings. The lowest BCUT2D eigenvalue weighted by Gasteiger charge is -2.24. The van der Waals surface area contributed by atoms with Gasteiger partial charge >= 0.3 is 5.97 Å². The zero-order valence-electron chi connectivity index (χ0n) is 19.5. The van der Waals surface area contributed by atoms with Crippen LogP contribution >= 0.6 is 11.3 Å². The molecule has 9 nitrogen and oxygen atoms in total. The molecular weight excluding hydrogens is 482 g/mol. The van der Waals surface area contributed by atoms with Gasteiger partial charge in [0.2, 0.25) is 6.79 Å². The van der Waals surface area contributed by atoms with Crippen LogP contribution in [0.2, 0.25) is 0 Å². The molecule has 0 radical (unpaired) electrons. The summed E-state index contributed by atoms with van der Waals surface area (Å²) in [7, 11) is 0. The van der Waals surface area contributed by atoms with Gasteiger partial charge in [0.1, 0.15) is 11.8 Å². The molecule has 0 unspecified atom stereocenters. The number of esters is 1. The maximum atomic E-state index is 13.7. The number of fused-ring (bicyclic) bond motifs is 2. The van der Waals surface area contributed by atoms with Gasteiger partial charge in [-0.05, 0) is 55.3 Å². The van der Waals surface area contributed by atoms with E-state index < -0.39 is 12.0 Å². The third-order valence-electron chi connectivity index (χ3n) is 5.71. The van der Waals surface area contributed by atoms with Gasteiger partial charge < -0.3 is 18.9 Å². The monoisotopic (exact) mass is 503 g/mol. The molecule has 182 valence electrons. The highest BCUT2D eigenvalue weighted by molar-refractivity contribution is 7.07. The summed E-state index contributed by atoms with van der Waals surface area (Å²) in [5.74, 6) is 1.19. The van der Waals surface area contributed by atoms with Crippen LogP contribution in [0.15, 0.2) is 63.5 Å². The Balaban J connectivity index is 1.63. The highest BCUT2D eigenvalue weighted by Crippen LogP contribution is 2.38. The lowest BCUT2D eigenvalue weighted by molar-refractivity contribution is -0.139. The molecule has 2 aromatic carbocycles. The average molecular weight is 504 g/mol. The molecule has 0 N–H and O–H groups in total. The molecule has 2 aliphatic heterocycles. The van der Waals surface area contributed by atoms with Crippen LogP contribution in [0.1, 0.15) is 31.0 Å². The molecule has 10 heteroatoms. The van der Waals surface area contributed by atoms with E-state index in [4.69, 9.17) is 24.2 Å². The second-order valence-electron chi connectivity index (χ2n) is 7.93. The van der Waals surface area contributed by atoms with Crippen molar-refractivity contribution in [1.29, 1.82) is 5.26 Å². The number of aromatic nitrogens is 1. The highest BCUT2D eigenvalue weighted by atomic mass is 32.1. The second-order valence-corrected chi connectivity index (χ2v) is 8.94. The summed E-state index contributed by atoms with van der Waals surface area (Å²) in [6.45, 7) is 3.74. The fourth-order valence-corrected chi connectivity index (χ4v) is 5.16. The molecule has 36 heavy (non-hydrogen) atoms. The third-order valence-corrected chi connectivity index (χ3v) is 6.69. The Labute approximate surface area is 209 Å². The maximum absolute atomic E-state index is 13.7. The topological polar surface area (TPSA) is 112 Å². The van der Waals surface area contributed by atoms with Crippen LogP contribution < -0.4 is 29.1 Å². The number of ether oxygens (including phenoxy) is 4. The van der Waals surface area contributed by atoms with Gasteiger partial charge in [-0.2, -0.15) is 5.26 Å². The van der Waals surface area contributed by atoms with Gasteiger partial charge in [0.15, 0.2) is 22.9 Å². The summed E-state index contributed by atoms with van der Waals surface area (Å²) in [5, 5.41) is 8.67. The Morgan fingerprint density at radius 3 is 2.78 bits per heavy atom. The quantitative estimate of drug-likeness (QED) is 0.475. The first kappa shape index (κ1) is 23.4. The van der Waals surface area contributed by atoms with E-state index in [-0.39, 0.29) is 25.6 Å². The largest absolute Gasteiger partial charge is 0.479 e. The summed E-state index contributed by atoms with van der Waals surface area (Å²) in [6.07, 6.45) is 1.76. The maximum Gasteiger partial charge on any atom is 0.338 e. The molecule has 0 bridgehead atoms. The van der Waals surface area contributed by atoms with Crippen LogP contribution in [0.5, 0.6) is 17.2 Å². The number of nitrogens with zero attached hydrogens (tertiary/aromatic N) is 3. The van der Waals surface area contributed by atoms with E-state index in [1.807, 2.05) is 12.1 Å². The van der Waals surface area contributed by atoms with E-state index in [0.29, 0.717) is 43.4 Å². The van der Waals surface area contributed by atoms with Crippen LogP contribution in [0.3, 0.4) is 0 Å². The van der Waals surface area contributed by atoms with Crippen LogP contribution in [0.4, 0.5) is 0 Å². The molecule has 0 spiro atoms. The summed E-state index contributed by atoms with van der Waals surface area (Å²) >= 11 is 1.24. The van der Waals surface area contributed by atoms with E-state index in [2.05, 4.69) is 4.99 Å². The highest BCUT2D eigenvalue weighted by Gasteiger charge is 2.34. The Bertz CT molecular complexity index is 1590. The van der Waals surface area contributed by atoms with Crippen molar-refractivity contribution in [3.63, 3.8) is 0 Å². The Hall–Kier alpha value is -4.36. The number of benzene rings is 2. The van der Waals surface area contributed by atoms with Crippen LogP contribution in [0, 0.1) is 11.3 Å². The first-order valence-corrected chi connectivity index (χ1v) is 12.0. The molecule has 5 rings (SSSR count). The number of nitriles is 1. The van der Waals surface area contributed by atoms with E-state index in [1.165, 1.54) is 15.9 Å². The Morgan fingerprint density at radius 1 is 1.25 bits per heavy atom. The molecule has 0 fully saturated rings. The minimum atomic E-state index is -0.737. The number of hydrogen-bond donors (Lipinski definition) is 0. The van der Waals surface area contributed by atoms with Crippen molar-refractivity contribution in [3.8, 4) is 23.3 Å². The first-order valence-electron chi connectivity index (χ1n) is 11.2. The fourth-order valence-electron chi connectivity index (χ4n) is 4.12. The Kier molecular flexibility index (Phi) is 6.31. The number of allylic oxidation sites excluding steroid dienone is 1. The van der Waals surface area contributed by atoms with Gasteiger partial charge in [0.05, 0.1) is 28.5 Å². The van der Waals surface area contributed by atoms with Crippen molar-refractivity contribution in [2.24, 2.45) is 4.99 Å². The van der Waals surface area contributed by atoms with Crippen LogP contribution in [0.25, 0.3) is 6.08 Å². The second kappa shape index (κ2) is 9.71.